The molecule has 178 valence electrons. The fourth-order valence-electron chi connectivity index (χ4n) is 3.89. The minimum atomic E-state index is -0.834. The topological polar surface area (TPSA) is 129 Å². The molecule has 2 unspecified atom stereocenters. The number of amides is 3. The Bertz CT molecular complexity index is 758. The molecule has 10 heteroatoms. The van der Waals surface area contributed by atoms with Crippen molar-refractivity contribution < 1.29 is 28.7 Å². The van der Waals surface area contributed by atoms with E-state index in [4.69, 9.17) is 9.47 Å². The summed E-state index contributed by atoms with van der Waals surface area (Å²) in [6.45, 7) is 6.09. The lowest BCUT2D eigenvalue weighted by Crippen LogP contribution is -2.52. The van der Waals surface area contributed by atoms with Crippen LogP contribution in [0, 0.1) is 0 Å². The van der Waals surface area contributed by atoms with Gasteiger partial charge >= 0.3 is 0 Å². The molecule has 1 aliphatic carbocycles. The van der Waals surface area contributed by atoms with Crippen molar-refractivity contribution in [1.29, 1.82) is 0 Å². The third-order valence-corrected chi connectivity index (χ3v) is 6.02. The van der Waals surface area contributed by atoms with E-state index in [0.717, 1.165) is 24.8 Å². The van der Waals surface area contributed by atoms with Gasteiger partial charge in [-0.05, 0) is 39.5 Å². The Morgan fingerprint density at radius 3 is 2.50 bits per heavy atom. The van der Waals surface area contributed by atoms with Crippen LogP contribution in [0.5, 0.6) is 0 Å². The first kappa shape index (κ1) is 24.3. The third-order valence-electron chi connectivity index (χ3n) is 6.02. The van der Waals surface area contributed by atoms with Crippen molar-refractivity contribution in [3.8, 4) is 0 Å². The summed E-state index contributed by atoms with van der Waals surface area (Å²) in [4.78, 5) is 51.6. The van der Waals surface area contributed by atoms with Gasteiger partial charge < -0.3 is 25.4 Å². The predicted molar refractivity (Wildman–Crippen MR) is 116 cm³/mol. The molecule has 0 aromatic heterocycles. The summed E-state index contributed by atoms with van der Waals surface area (Å²) < 4.78 is 10.5. The van der Waals surface area contributed by atoms with Crippen LogP contribution in [0.1, 0.15) is 39.5 Å². The lowest BCUT2D eigenvalue weighted by Gasteiger charge is -2.26. The highest BCUT2D eigenvalue weighted by atomic mass is 16.6. The average molecular weight is 451 g/mol. The van der Waals surface area contributed by atoms with Crippen LogP contribution in [0.4, 0.5) is 0 Å². The molecule has 3 N–H and O–H groups in total. The maximum absolute atomic E-state index is 12.8. The molecule has 0 spiro atoms. The van der Waals surface area contributed by atoms with Gasteiger partial charge in [0.15, 0.2) is 5.78 Å². The summed E-state index contributed by atoms with van der Waals surface area (Å²) in [6.07, 6.45) is 5.55. The number of morpholine rings is 1. The van der Waals surface area contributed by atoms with E-state index in [1.54, 1.807) is 13.8 Å². The summed E-state index contributed by atoms with van der Waals surface area (Å²) in [5.74, 6) is -1.32. The van der Waals surface area contributed by atoms with Crippen molar-refractivity contribution >= 4 is 23.5 Å². The van der Waals surface area contributed by atoms with Crippen molar-refractivity contribution in [2.75, 3.05) is 46.0 Å². The number of carbonyl (C=O) groups excluding carboxylic acids is 4. The number of nitrogens with zero attached hydrogens (tertiary/aromatic N) is 1. The van der Waals surface area contributed by atoms with Crippen LogP contribution in [0.2, 0.25) is 0 Å². The monoisotopic (exact) mass is 450 g/mol. The fourth-order valence-corrected chi connectivity index (χ4v) is 3.89. The number of nitrogens with one attached hydrogen (secondary N) is 3. The molecule has 32 heavy (non-hydrogen) atoms. The number of hydrogen-bond donors (Lipinski definition) is 3. The fraction of sp³-hybridized carbons (Fsp3) is 0.727. The Balaban J connectivity index is 1.42. The maximum Gasteiger partial charge on any atom is 0.242 e. The molecule has 0 saturated carbocycles. The predicted octanol–water partition coefficient (Wildman–Crippen LogP) is -0.717. The molecule has 2 aliphatic heterocycles. The van der Waals surface area contributed by atoms with Crippen LogP contribution in [0.3, 0.4) is 0 Å². The molecule has 0 aromatic rings. The van der Waals surface area contributed by atoms with Crippen molar-refractivity contribution in [2.24, 2.45) is 0 Å². The van der Waals surface area contributed by atoms with Gasteiger partial charge in [-0.15, -0.1) is 0 Å². The number of hydrogen-bond acceptors (Lipinski definition) is 7. The second kappa shape index (κ2) is 11.0. The number of Topliss-reactive ketones (excluding diaryl/α,β-unsaturated/α-hetero) is 1. The van der Waals surface area contributed by atoms with Gasteiger partial charge in [0, 0.05) is 13.1 Å². The van der Waals surface area contributed by atoms with E-state index in [1.807, 2.05) is 4.90 Å². The quantitative estimate of drug-likeness (QED) is 0.280. The van der Waals surface area contributed by atoms with Crippen molar-refractivity contribution in [3.05, 3.63) is 11.6 Å². The molecule has 3 aliphatic rings. The van der Waals surface area contributed by atoms with Crippen LogP contribution in [-0.2, 0) is 28.7 Å². The van der Waals surface area contributed by atoms with Gasteiger partial charge in [-0.1, -0.05) is 11.6 Å². The van der Waals surface area contributed by atoms with Crippen molar-refractivity contribution in [3.63, 3.8) is 0 Å². The second-order valence-corrected chi connectivity index (χ2v) is 8.86. The van der Waals surface area contributed by atoms with Crippen LogP contribution in [0.15, 0.2) is 11.6 Å². The molecule has 3 amide bonds. The Hall–Kier alpha value is -2.30. The Morgan fingerprint density at radius 1 is 1.16 bits per heavy atom. The molecule has 2 fully saturated rings. The van der Waals surface area contributed by atoms with Gasteiger partial charge in [-0.3, -0.25) is 24.1 Å². The lowest BCUT2D eigenvalue weighted by molar-refractivity contribution is -0.132. The Morgan fingerprint density at radius 2 is 1.88 bits per heavy atom. The van der Waals surface area contributed by atoms with Gasteiger partial charge in [-0.25, -0.2) is 0 Å². The normalized spacial score (nSPS) is 24.8. The largest absolute Gasteiger partial charge is 0.379 e. The van der Waals surface area contributed by atoms with E-state index in [9.17, 15) is 19.2 Å². The van der Waals surface area contributed by atoms with Crippen LogP contribution in [-0.4, -0.2) is 92.1 Å². The van der Waals surface area contributed by atoms with Crippen molar-refractivity contribution in [1.82, 2.24) is 20.9 Å². The highest BCUT2D eigenvalue weighted by Gasteiger charge is 2.50. The van der Waals surface area contributed by atoms with Crippen LogP contribution in [0.25, 0.3) is 0 Å². The lowest BCUT2D eigenvalue weighted by atomic mass is 9.94. The first-order valence-corrected chi connectivity index (χ1v) is 11.3. The zero-order chi connectivity index (χ0) is 23.1. The van der Waals surface area contributed by atoms with Crippen LogP contribution >= 0.6 is 0 Å². The molecule has 3 rings (SSSR count). The molecule has 0 bridgehead atoms. The maximum atomic E-state index is 12.8. The molecule has 3 atom stereocenters. The van der Waals surface area contributed by atoms with E-state index >= 15 is 0 Å². The average Bonchev–Trinajstić information content (AvgIpc) is 3.30. The number of carbonyl (C=O) groups is 4. The minimum Gasteiger partial charge on any atom is -0.379 e. The van der Waals surface area contributed by atoms with Crippen LogP contribution < -0.4 is 16.0 Å². The smallest absolute Gasteiger partial charge is 0.242 e. The van der Waals surface area contributed by atoms with Gasteiger partial charge in [-0.2, -0.15) is 0 Å². The Kier molecular flexibility index (Phi) is 8.38. The highest BCUT2D eigenvalue weighted by molar-refractivity contribution is 5.97. The van der Waals surface area contributed by atoms with E-state index in [0.29, 0.717) is 39.3 Å². The minimum absolute atomic E-state index is 0.145. The standard InChI is InChI=1S/C22H34N4O6/c1-15(24-19(28)13-26-7-9-31-10-8-26)21(30)23-12-18(27)25-17(11-16-5-3-4-6-16)20(29)22(2)14-32-22/h5,15,17H,3-4,6-14H2,1-2H3,(H,23,30)(H,24,28)(H,25,27)/t15?,17-,22?/m0/s1. The third kappa shape index (κ3) is 7.11. The van der Waals surface area contributed by atoms with Gasteiger partial charge in [0.1, 0.15) is 11.6 Å². The zero-order valence-corrected chi connectivity index (χ0v) is 18.9. The summed E-state index contributed by atoms with van der Waals surface area (Å²) in [7, 11) is 0. The van der Waals surface area contributed by atoms with E-state index in [1.165, 1.54) is 0 Å². The van der Waals surface area contributed by atoms with E-state index < -0.39 is 29.5 Å². The molecule has 2 saturated heterocycles. The second-order valence-electron chi connectivity index (χ2n) is 8.86. The Labute approximate surface area is 188 Å². The van der Waals surface area contributed by atoms with Gasteiger partial charge in [0.25, 0.3) is 0 Å². The SMILES string of the molecule is CC(NC(=O)CN1CCOCC1)C(=O)NCC(=O)N[C@@H](CC1=CCCC1)C(=O)C1(C)CO1. The number of allylic oxidation sites excluding steroid dienone is 1. The van der Waals surface area contributed by atoms with E-state index in [-0.39, 0.29) is 24.8 Å². The first-order valence-electron chi connectivity index (χ1n) is 11.3. The summed E-state index contributed by atoms with van der Waals surface area (Å²) in [5, 5.41) is 7.92. The molecular weight excluding hydrogens is 416 g/mol. The molecule has 0 aromatic carbocycles. The summed E-state index contributed by atoms with van der Waals surface area (Å²) >= 11 is 0. The molecule has 10 nitrogen and oxygen atoms in total. The first-order chi connectivity index (χ1) is 15.3. The van der Waals surface area contributed by atoms with E-state index in [2.05, 4.69) is 22.0 Å². The number of epoxide rings is 1. The molecule has 0 radical (unpaired) electrons. The number of ether oxygens (including phenoxy) is 2. The number of rotatable bonds is 11. The van der Waals surface area contributed by atoms with Gasteiger partial charge in [0.2, 0.25) is 17.7 Å². The summed E-state index contributed by atoms with van der Waals surface area (Å²) in [6, 6.07) is -1.46. The highest BCUT2D eigenvalue weighted by Crippen LogP contribution is 2.31. The molecule has 2 heterocycles. The summed E-state index contributed by atoms with van der Waals surface area (Å²) in [5.41, 5.74) is 0.327. The zero-order valence-electron chi connectivity index (χ0n) is 18.9. The molecular formula is C22H34N4O6. The number of ketones is 1. The van der Waals surface area contributed by atoms with Gasteiger partial charge in [0.05, 0.1) is 39.0 Å². The van der Waals surface area contributed by atoms with Crippen molar-refractivity contribution in [2.45, 2.75) is 57.2 Å².